The predicted octanol–water partition coefficient (Wildman–Crippen LogP) is 0.196. The van der Waals surface area contributed by atoms with Gasteiger partial charge in [-0.1, -0.05) is 5.10 Å². The first-order valence-corrected chi connectivity index (χ1v) is 3.45. The fraction of sp³-hybridized carbons (Fsp3) is 0.500. The Hall–Kier alpha value is -1.39. The van der Waals surface area contributed by atoms with Crippen molar-refractivity contribution < 1.29 is 9.32 Å². The van der Waals surface area contributed by atoms with Gasteiger partial charge in [0.25, 0.3) is 0 Å². The van der Waals surface area contributed by atoms with Crippen LogP contribution in [0.2, 0.25) is 0 Å². The van der Waals surface area contributed by atoms with E-state index in [2.05, 4.69) is 14.9 Å². The number of carbonyl (C=O) groups excluding carboxylic acids is 1. The molecule has 0 saturated carbocycles. The first kappa shape index (κ1) is 6.33. The van der Waals surface area contributed by atoms with E-state index in [0.717, 1.165) is 13.0 Å². The molecule has 0 N–H and O–H groups in total. The molecule has 5 nitrogen and oxygen atoms in total. The van der Waals surface area contributed by atoms with Crippen LogP contribution in [-0.4, -0.2) is 22.8 Å². The largest absolute Gasteiger partial charge is 0.343 e. The first-order chi connectivity index (χ1) is 5.38. The van der Waals surface area contributed by atoms with E-state index in [0.29, 0.717) is 12.2 Å². The van der Waals surface area contributed by atoms with Crippen LogP contribution in [-0.2, 0) is 4.79 Å². The van der Waals surface area contributed by atoms with Crippen LogP contribution >= 0.6 is 0 Å². The Kier molecular flexibility index (Phi) is 1.34. The van der Waals surface area contributed by atoms with Gasteiger partial charge in [-0.15, -0.1) is 0 Å². The summed E-state index contributed by atoms with van der Waals surface area (Å²) in [5.41, 5.74) is 0. The van der Waals surface area contributed by atoms with Crippen LogP contribution < -0.4 is 4.90 Å². The predicted molar refractivity (Wildman–Crippen MR) is 35.9 cm³/mol. The fourth-order valence-electron chi connectivity index (χ4n) is 1.17. The molecule has 1 amide bonds. The lowest BCUT2D eigenvalue weighted by molar-refractivity contribution is -0.117. The summed E-state index contributed by atoms with van der Waals surface area (Å²) >= 11 is 0. The molecular weight excluding hydrogens is 146 g/mol. The van der Waals surface area contributed by atoms with Crippen molar-refractivity contribution in [3.05, 3.63) is 6.26 Å². The minimum atomic E-state index is 0.0979. The number of carbonyl (C=O) groups is 1. The summed E-state index contributed by atoms with van der Waals surface area (Å²) in [5.74, 6) is 0.619. The topological polar surface area (TPSA) is 59.2 Å². The fourth-order valence-corrected chi connectivity index (χ4v) is 1.17. The molecule has 2 rings (SSSR count). The molecule has 0 atom stereocenters. The standard InChI is InChI=1S/C6H7N3O2/c10-6-2-1-3-9(6)5-4-11-8-7-5/h4H,1-3H2. The Bertz CT molecular complexity index is 257. The summed E-state index contributed by atoms with van der Waals surface area (Å²) in [5, 5.41) is 6.92. The first-order valence-electron chi connectivity index (χ1n) is 3.45. The van der Waals surface area contributed by atoms with Gasteiger partial charge in [-0.05, 0) is 6.42 Å². The van der Waals surface area contributed by atoms with Crippen molar-refractivity contribution in [1.29, 1.82) is 0 Å². The summed E-state index contributed by atoms with van der Waals surface area (Å²) in [6, 6.07) is 0. The van der Waals surface area contributed by atoms with Crippen LogP contribution in [0.4, 0.5) is 5.82 Å². The number of amides is 1. The van der Waals surface area contributed by atoms with Crippen molar-refractivity contribution >= 4 is 11.7 Å². The number of rotatable bonds is 1. The molecule has 0 bridgehead atoms. The normalized spacial score (nSPS) is 17.8. The molecule has 58 valence electrons. The van der Waals surface area contributed by atoms with Crippen molar-refractivity contribution in [2.45, 2.75) is 12.8 Å². The minimum Gasteiger partial charge on any atom is -0.343 e. The lowest BCUT2D eigenvalue weighted by Crippen LogP contribution is -2.23. The third-order valence-electron chi connectivity index (χ3n) is 1.70. The van der Waals surface area contributed by atoms with Crippen LogP contribution in [0.3, 0.4) is 0 Å². The highest BCUT2D eigenvalue weighted by molar-refractivity contribution is 5.94. The smallest absolute Gasteiger partial charge is 0.228 e. The molecule has 0 spiro atoms. The summed E-state index contributed by atoms with van der Waals surface area (Å²) in [6.07, 6.45) is 2.88. The maximum atomic E-state index is 11.1. The lowest BCUT2D eigenvalue weighted by atomic mass is 10.4. The van der Waals surface area contributed by atoms with E-state index in [1.807, 2.05) is 0 Å². The molecule has 5 heteroatoms. The van der Waals surface area contributed by atoms with Crippen LogP contribution in [0, 0.1) is 0 Å². The quantitative estimate of drug-likeness (QED) is 0.578. The number of hydrogen-bond acceptors (Lipinski definition) is 4. The molecule has 1 aliphatic rings. The van der Waals surface area contributed by atoms with Crippen LogP contribution in [0.1, 0.15) is 12.8 Å². The molecule has 2 heterocycles. The number of aromatic nitrogens is 2. The van der Waals surface area contributed by atoms with E-state index in [4.69, 9.17) is 0 Å². The Morgan fingerprint density at radius 2 is 2.55 bits per heavy atom. The van der Waals surface area contributed by atoms with E-state index in [1.54, 1.807) is 4.90 Å². The number of anilines is 1. The van der Waals surface area contributed by atoms with E-state index in [9.17, 15) is 4.79 Å². The third-order valence-corrected chi connectivity index (χ3v) is 1.70. The molecular formula is C6H7N3O2. The van der Waals surface area contributed by atoms with E-state index < -0.39 is 0 Å². The van der Waals surface area contributed by atoms with Crippen molar-refractivity contribution in [2.75, 3.05) is 11.4 Å². The van der Waals surface area contributed by atoms with Gasteiger partial charge in [0.2, 0.25) is 5.91 Å². The average molecular weight is 153 g/mol. The lowest BCUT2D eigenvalue weighted by Gasteiger charge is -2.08. The molecule has 0 radical (unpaired) electrons. The van der Waals surface area contributed by atoms with Gasteiger partial charge in [-0.25, -0.2) is 0 Å². The molecule has 1 saturated heterocycles. The van der Waals surface area contributed by atoms with E-state index >= 15 is 0 Å². The van der Waals surface area contributed by atoms with E-state index in [1.165, 1.54) is 6.26 Å². The summed E-state index contributed by atoms with van der Waals surface area (Å²) in [4.78, 5) is 12.7. The van der Waals surface area contributed by atoms with Crippen molar-refractivity contribution in [1.82, 2.24) is 10.4 Å². The number of hydrogen-bond donors (Lipinski definition) is 0. The summed E-state index contributed by atoms with van der Waals surface area (Å²) in [6.45, 7) is 0.729. The summed E-state index contributed by atoms with van der Waals surface area (Å²) in [7, 11) is 0. The van der Waals surface area contributed by atoms with Crippen molar-refractivity contribution in [2.24, 2.45) is 0 Å². The zero-order valence-corrected chi connectivity index (χ0v) is 5.86. The number of nitrogens with zero attached hydrogens (tertiary/aromatic N) is 3. The second kappa shape index (κ2) is 2.34. The van der Waals surface area contributed by atoms with Gasteiger partial charge >= 0.3 is 0 Å². The highest BCUT2D eigenvalue weighted by Gasteiger charge is 2.23. The monoisotopic (exact) mass is 153 g/mol. The highest BCUT2D eigenvalue weighted by atomic mass is 16.5. The molecule has 1 aromatic heterocycles. The van der Waals surface area contributed by atoms with Crippen LogP contribution in [0.15, 0.2) is 10.8 Å². The Balaban J connectivity index is 2.23. The van der Waals surface area contributed by atoms with E-state index in [-0.39, 0.29) is 5.91 Å². The zero-order chi connectivity index (χ0) is 7.68. The molecule has 0 unspecified atom stereocenters. The van der Waals surface area contributed by atoms with Gasteiger partial charge < -0.3 is 4.52 Å². The molecule has 11 heavy (non-hydrogen) atoms. The van der Waals surface area contributed by atoms with Crippen LogP contribution in [0.25, 0.3) is 0 Å². The second-order valence-electron chi connectivity index (χ2n) is 2.41. The third kappa shape index (κ3) is 0.978. The maximum Gasteiger partial charge on any atom is 0.228 e. The van der Waals surface area contributed by atoms with Crippen LogP contribution in [0.5, 0.6) is 0 Å². The van der Waals surface area contributed by atoms with Crippen molar-refractivity contribution in [3.8, 4) is 0 Å². The van der Waals surface area contributed by atoms with Gasteiger partial charge in [-0.3, -0.25) is 9.69 Å². The molecule has 1 aromatic rings. The Morgan fingerprint density at radius 3 is 3.09 bits per heavy atom. The summed E-state index contributed by atoms with van der Waals surface area (Å²) < 4.78 is 4.52. The highest BCUT2D eigenvalue weighted by Crippen LogP contribution is 2.17. The molecule has 0 aromatic carbocycles. The maximum absolute atomic E-state index is 11.1. The van der Waals surface area contributed by atoms with Gasteiger partial charge in [-0.2, -0.15) is 0 Å². The van der Waals surface area contributed by atoms with Gasteiger partial charge in [0, 0.05) is 18.2 Å². The molecule has 1 aliphatic heterocycles. The SMILES string of the molecule is O=C1CCCN1c1conn1. The Labute approximate surface area is 63.0 Å². The average Bonchev–Trinajstić information content (AvgIpc) is 2.55. The minimum absolute atomic E-state index is 0.0979. The second-order valence-corrected chi connectivity index (χ2v) is 2.41. The molecule has 0 aliphatic carbocycles. The molecule has 1 fully saturated rings. The Morgan fingerprint density at radius 1 is 1.64 bits per heavy atom. The van der Waals surface area contributed by atoms with Gasteiger partial charge in [0.1, 0.15) is 0 Å². The van der Waals surface area contributed by atoms with Gasteiger partial charge in [0.05, 0.1) is 0 Å². The van der Waals surface area contributed by atoms with Crippen molar-refractivity contribution in [3.63, 3.8) is 0 Å². The van der Waals surface area contributed by atoms with Gasteiger partial charge in [0.15, 0.2) is 12.1 Å². The zero-order valence-electron chi connectivity index (χ0n) is 5.86.